The Bertz CT molecular complexity index is 285. The minimum Gasteiger partial charge on any atom is -0.394 e. The lowest BCUT2D eigenvalue weighted by Gasteiger charge is -2.10. The van der Waals surface area contributed by atoms with E-state index in [1.807, 2.05) is 0 Å². The predicted molar refractivity (Wildman–Crippen MR) is 49.1 cm³/mol. The SMILES string of the molecule is CC(=NC1CC1)C(C)=C(N)C(F)(F)F. The van der Waals surface area contributed by atoms with Gasteiger partial charge in [-0.15, -0.1) is 0 Å². The van der Waals surface area contributed by atoms with Crippen molar-refractivity contribution in [2.75, 3.05) is 0 Å². The molecule has 0 unspecified atom stereocenters. The van der Waals surface area contributed by atoms with E-state index in [-0.39, 0.29) is 11.6 Å². The molecule has 1 rings (SSSR count). The highest BCUT2D eigenvalue weighted by Crippen LogP contribution is 2.27. The smallest absolute Gasteiger partial charge is 0.394 e. The maximum Gasteiger partial charge on any atom is 0.431 e. The standard InChI is InChI=1S/C9H13F3N2/c1-5(8(13)9(10,11)12)6(2)14-7-3-4-7/h7H,3-4,13H2,1-2H3. The highest BCUT2D eigenvalue weighted by molar-refractivity contribution is 5.98. The first-order valence-electron chi connectivity index (χ1n) is 4.40. The summed E-state index contributed by atoms with van der Waals surface area (Å²) in [5.74, 6) is 0. The van der Waals surface area contributed by atoms with E-state index in [9.17, 15) is 13.2 Å². The Hall–Kier alpha value is -1.00. The second-order valence-corrected chi connectivity index (χ2v) is 3.48. The molecule has 5 heteroatoms. The van der Waals surface area contributed by atoms with Crippen molar-refractivity contribution in [2.24, 2.45) is 10.7 Å². The lowest BCUT2D eigenvalue weighted by Crippen LogP contribution is -2.23. The van der Waals surface area contributed by atoms with Crippen LogP contribution in [0.1, 0.15) is 26.7 Å². The molecule has 0 spiro atoms. The van der Waals surface area contributed by atoms with Crippen molar-refractivity contribution >= 4 is 5.71 Å². The molecule has 0 radical (unpaired) electrons. The molecule has 0 atom stereocenters. The molecule has 80 valence electrons. The van der Waals surface area contributed by atoms with Crippen molar-refractivity contribution in [3.63, 3.8) is 0 Å². The molecule has 0 aromatic rings. The monoisotopic (exact) mass is 206 g/mol. The fourth-order valence-corrected chi connectivity index (χ4v) is 0.982. The summed E-state index contributed by atoms with van der Waals surface area (Å²) < 4.78 is 36.5. The summed E-state index contributed by atoms with van der Waals surface area (Å²) >= 11 is 0. The van der Waals surface area contributed by atoms with Crippen molar-refractivity contribution in [2.45, 2.75) is 38.9 Å². The Balaban J connectivity index is 2.85. The quantitative estimate of drug-likeness (QED) is 0.692. The summed E-state index contributed by atoms with van der Waals surface area (Å²) in [7, 11) is 0. The molecule has 0 saturated heterocycles. The van der Waals surface area contributed by atoms with Gasteiger partial charge in [-0.1, -0.05) is 0 Å². The lowest BCUT2D eigenvalue weighted by molar-refractivity contribution is -0.0931. The van der Waals surface area contributed by atoms with Gasteiger partial charge < -0.3 is 5.73 Å². The van der Waals surface area contributed by atoms with Gasteiger partial charge in [-0.25, -0.2) is 0 Å². The van der Waals surface area contributed by atoms with Gasteiger partial charge in [-0.05, 0) is 32.3 Å². The third-order valence-electron chi connectivity index (χ3n) is 2.18. The van der Waals surface area contributed by atoms with Gasteiger partial charge in [0.2, 0.25) is 0 Å². The van der Waals surface area contributed by atoms with E-state index in [4.69, 9.17) is 5.73 Å². The van der Waals surface area contributed by atoms with Crippen LogP contribution in [-0.2, 0) is 0 Å². The first kappa shape index (κ1) is 11.1. The first-order chi connectivity index (χ1) is 6.32. The zero-order chi connectivity index (χ0) is 10.9. The lowest BCUT2D eigenvalue weighted by atomic mass is 10.1. The fraction of sp³-hybridized carbons (Fsp3) is 0.667. The minimum atomic E-state index is -4.45. The van der Waals surface area contributed by atoms with Crippen LogP contribution in [0, 0.1) is 0 Å². The number of hydrogen-bond donors (Lipinski definition) is 1. The molecule has 0 aliphatic heterocycles. The van der Waals surface area contributed by atoms with Gasteiger partial charge in [0.05, 0.1) is 6.04 Å². The summed E-state index contributed by atoms with van der Waals surface area (Å²) in [5, 5.41) is 0. The van der Waals surface area contributed by atoms with Crippen molar-refractivity contribution in [1.82, 2.24) is 0 Å². The van der Waals surface area contributed by atoms with Crippen LogP contribution in [0.2, 0.25) is 0 Å². The maximum atomic E-state index is 12.2. The number of nitrogens with zero attached hydrogens (tertiary/aromatic N) is 1. The van der Waals surface area contributed by atoms with Crippen molar-refractivity contribution in [3.8, 4) is 0 Å². The average Bonchev–Trinajstić information content (AvgIpc) is 2.83. The fourth-order valence-electron chi connectivity index (χ4n) is 0.982. The van der Waals surface area contributed by atoms with Crippen LogP contribution < -0.4 is 5.73 Å². The number of nitrogens with two attached hydrogens (primary N) is 1. The second-order valence-electron chi connectivity index (χ2n) is 3.48. The molecular weight excluding hydrogens is 193 g/mol. The van der Waals surface area contributed by atoms with Crippen LogP contribution in [0.15, 0.2) is 16.3 Å². The van der Waals surface area contributed by atoms with E-state index >= 15 is 0 Å². The van der Waals surface area contributed by atoms with Crippen molar-refractivity contribution < 1.29 is 13.2 Å². The van der Waals surface area contributed by atoms with Gasteiger partial charge in [0.25, 0.3) is 0 Å². The molecular formula is C9H13F3N2. The Labute approximate surface area is 80.7 Å². The van der Waals surface area contributed by atoms with E-state index in [0.29, 0.717) is 5.71 Å². The highest BCUT2D eigenvalue weighted by Gasteiger charge is 2.33. The topological polar surface area (TPSA) is 38.4 Å². The molecule has 0 heterocycles. The normalized spacial score (nSPS) is 20.8. The number of rotatable bonds is 2. The third kappa shape index (κ3) is 2.75. The summed E-state index contributed by atoms with van der Waals surface area (Å²) in [6.07, 6.45) is -2.52. The molecule has 14 heavy (non-hydrogen) atoms. The van der Waals surface area contributed by atoms with Gasteiger partial charge in [0.15, 0.2) is 0 Å². The van der Waals surface area contributed by atoms with E-state index < -0.39 is 11.9 Å². The minimum absolute atomic E-state index is 0.0319. The summed E-state index contributed by atoms with van der Waals surface area (Å²) in [6.45, 7) is 2.91. The van der Waals surface area contributed by atoms with Crippen molar-refractivity contribution in [1.29, 1.82) is 0 Å². The van der Waals surface area contributed by atoms with Gasteiger partial charge in [-0.2, -0.15) is 13.2 Å². The van der Waals surface area contributed by atoms with Gasteiger partial charge in [-0.3, -0.25) is 4.99 Å². The van der Waals surface area contributed by atoms with Crippen LogP contribution in [-0.4, -0.2) is 17.9 Å². The Kier molecular flexibility index (Phi) is 2.87. The molecule has 0 aromatic heterocycles. The van der Waals surface area contributed by atoms with Crippen LogP contribution in [0.25, 0.3) is 0 Å². The van der Waals surface area contributed by atoms with Crippen LogP contribution in [0.3, 0.4) is 0 Å². The molecule has 2 N–H and O–H groups in total. The molecule has 1 aliphatic carbocycles. The van der Waals surface area contributed by atoms with Gasteiger partial charge >= 0.3 is 6.18 Å². The molecule has 1 saturated carbocycles. The zero-order valence-corrected chi connectivity index (χ0v) is 8.15. The Morgan fingerprint density at radius 3 is 2.14 bits per heavy atom. The largest absolute Gasteiger partial charge is 0.431 e. The molecule has 1 aliphatic rings. The Morgan fingerprint density at radius 2 is 1.79 bits per heavy atom. The van der Waals surface area contributed by atoms with Crippen LogP contribution >= 0.6 is 0 Å². The predicted octanol–water partition coefficient (Wildman–Crippen LogP) is 2.40. The molecule has 0 aromatic carbocycles. The number of aliphatic imine (C=N–C) groups is 1. The van der Waals surface area contributed by atoms with E-state index in [1.54, 1.807) is 6.92 Å². The number of hydrogen-bond acceptors (Lipinski definition) is 2. The molecule has 1 fully saturated rings. The van der Waals surface area contributed by atoms with Crippen LogP contribution in [0.4, 0.5) is 13.2 Å². The van der Waals surface area contributed by atoms with Crippen molar-refractivity contribution in [3.05, 3.63) is 11.3 Å². The van der Waals surface area contributed by atoms with Gasteiger partial charge in [0, 0.05) is 5.71 Å². The number of alkyl halides is 3. The van der Waals surface area contributed by atoms with E-state index in [2.05, 4.69) is 4.99 Å². The number of halogens is 3. The molecule has 2 nitrogen and oxygen atoms in total. The van der Waals surface area contributed by atoms with E-state index in [1.165, 1.54) is 6.92 Å². The molecule has 0 bridgehead atoms. The molecule has 0 amide bonds. The zero-order valence-electron chi connectivity index (χ0n) is 8.15. The summed E-state index contributed by atoms with van der Waals surface area (Å²) in [5.41, 5.74) is 4.35. The van der Waals surface area contributed by atoms with Crippen LogP contribution in [0.5, 0.6) is 0 Å². The average molecular weight is 206 g/mol. The summed E-state index contributed by atoms with van der Waals surface area (Å²) in [6, 6.07) is 0.214. The Morgan fingerprint density at radius 1 is 1.29 bits per heavy atom. The van der Waals surface area contributed by atoms with E-state index in [0.717, 1.165) is 12.8 Å². The second kappa shape index (κ2) is 3.63. The maximum absolute atomic E-state index is 12.2. The van der Waals surface area contributed by atoms with Gasteiger partial charge in [0.1, 0.15) is 5.70 Å². The number of allylic oxidation sites excluding steroid dienone is 2. The summed E-state index contributed by atoms with van der Waals surface area (Å²) in [4.78, 5) is 4.10. The highest BCUT2D eigenvalue weighted by atomic mass is 19.4. The first-order valence-corrected chi connectivity index (χ1v) is 4.40. The third-order valence-corrected chi connectivity index (χ3v) is 2.18.